The summed E-state index contributed by atoms with van der Waals surface area (Å²) in [5.74, 6) is 0.474. The van der Waals surface area contributed by atoms with Crippen LogP contribution in [0.15, 0.2) is 24.3 Å². The molecule has 0 bridgehead atoms. The van der Waals surface area contributed by atoms with Crippen LogP contribution >= 0.6 is 0 Å². The average molecular weight is 287 g/mol. The van der Waals surface area contributed by atoms with Crippen LogP contribution < -0.4 is 10.1 Å². The van der Waals surface area contributed by atoms with Crippen molar-refractivity contribution in [3.8, 4) is 11.8 Å². The van der Waals surface area contributed by atoms with Crippen LogP contribution in [0.25, 0.3) is 0 Å². The fraction of sp³-hybridized carbons (Fsp3) is 0.500. The van der Waals surface area contributed by atoms with Crippen LogP contribution in [0.4, 0.5) is 0 Å². The normalized spacial score (nSPS) is 16.2. The standard InChI is InChI=1S/C16H21N3O2/c1-13(11-19-8-2-3-9-19)18-16(20)12-21-15-6-4-14(10-17)5-7-15/h4-7,13H,2-3,8-9,11-12H2,1H3,(H,18,20). The number of carbonyl (C=O) groups excluding carboxylic acids is 1. The molecule has 112 valence electrons. The number of rotatable bonds is 6. The Morgan fingerprint density at radius 2 is 2.05 bits per heavy atom. The monoisotopic (exact) mass is 287 g/mol. The van der Waals surface area contributed by atoms with Crippen molar-refractivity contribution >= 4 is 5.91 Å². The molecule has 1 heterocycles. The smallest absolute Gasteiger partial charge is 0.258 e. The van der Waals surface area contributed by atoms with Crippen molar-refractivity contribution in [2.24, 2.45) is 0 Å². The summed E-state index contributed by atoms with van der Waals surface area (Å²) in [5.41, 5.74) is 0.575. The molecule has 0 radical (unpaired) electrons. The molecular formula is C16H21N3O2. The number of nitrogens with one attached hydrogen (secondary N) is 1. The zero-order valence-corrected chi connectivity index (χ0v) is 12.3. The highest BCUT2D eigenvalue weighted by atomic mass is 16.5. The van der Waals surface area contributed by atoms with E-state index in [4.69, 9.17) is 10.00 Å². The summed E-state index contributed by atoms with van der Waals surface area (Å²) in [5, 5.41) is 11.6. The van der Waals surface area contributed by atoms with E-state index in [9.17, 15) is 4.79 Å². The molecule has 0 aliphatic carbocycles. The lowest BCUT2D eigenvalue weighted by Crippen LogP contribution is -2.42. The van der Waals surface area contributed by atoms with Gasteiger partial charge >= 0.3 is 0 Å². The molecule has 1 fully saturated rings. The van der Waals surface area contributed by atoms with Gasteiger partial charge in [0.15, 0.2) is 6.61 Å². The quantitative estimate of drug-likeness (QED) is 0.862. The van der Waals surface area contributed by atoms with E-state index in [0.717, 1.165) is 19.6 Å². The molecule has 5 heteroatoms. The van der Waals surface area contributed by atoms with Crippen LogP contribution in [0, 0.1) is 11.3 Å². The second-order valence-electron chi connectivity index (χ2n) is 5.40. The Labute approximate surface area is 125 Å². The summed E-state index contributed by atoms with van der Waals surface area (Å²) in [6.07, 6.45) is 2.50. The number of hydrogen-bond donors (Lipinski definition) is 1. The minimum Gasteiger partial charge on any atom is -0.484 e. The first kappa shape index (κ1) is 15.3. The van der Waals surface area contributed by atoms with Crippen molar-refractivity contribution < 1.29 is 9.53 Å². The summed E-state index contributed by atoms with van der Waals surface area (Å²) in [4.78, 5) is 14.2. The molecule has 1 amide bonds. The average Bonchev–Trinajstić information content (AvgIpc) is 2.98. The van der Waals surface area contributed by atoms with E-state index in [-0.39, 0.29) is 18.6 Å². The van der Waals surface area contributed by atoms with E-state index in [1.54, 1.807) is 24.3 Å². The highest BCUT2D eigenvalue weighted by molar-refractivity contribution is 5.77. The maximum Gasteiger partial charge on any atom is 0.258 e. The number of ether oxygens (including phenoxy) is 1. The number of amides is 1. The van der Waals surface area contributed by atoms with Crippen molar-refractivity contribution in [2.45, 2.75) is 25.8 Å². The summed E-state index contributed by atoms with van der Waals surface area (Å²) < 4.78 is 5.40. The van der Waals surface area contributed by atoms with Crippen molar-refractivity contribution in [3.63, 3.8) is 0 Å². The Kier molecular flexibility index (Phi) is 5.59. The first-order chi connectivity index (χ1) is 10.2. The second-order valence-corrected chi connectivity index (χ2v) is 5.40. The molecule has 1 aliphatic heterocycles. The lowest BCUT2D eigenvalue weighted by molar-refractivity contribution is -0.123. The molecule has 21 heavy (non-hydrogen) atoms. The lowest BCUT2D eigenvalue weighted by atomic mass is 10.2. The van der Waals surface area contributed by atoms with Crippen LogP contribution in [-0.4, -0.2) is 43.1 Å². The van der Waals surface area contributed by atoms with E-state index < -0.39 is 0 Å². The van der Waals surface area contributed by atoms with Gasteiger partial charge in [-0.25, -0.2) is 0 Å². The number of hydrogen-bond acceptors (Lipinski definition) is 4. The zero-order chi connectivity index (χ0) is 15.1. The van der Waals surface area contributed by atoms with Gasteiger partial charge in [0.1, 0.15) is 5.75 Å². The van der Waals surface area contributed by atoms with E-state index in [1.807, 2.05) is 13.0 Å². The van der Waals surface area contributed by atoms with Gasteiger partial charge in [0.25, 0.3) is 5.91 Å². The number of benzene rings is 1. The van der Waals surface area contributed by atoms with Gasteiger partial charge in [-0.2, -0.15) is 5.26 Å². The Balaban J connectivity index is 1.69. The van der Waals surface area contributed by atoms with Crippen LogP contribution in [0.1, 0.15) is 25.3 Å². The largest absolute Gasteiger partial charge is 0.484 e. The van der Waals surface area contributed by atoms with Gasteiger partial charge in [0, 0.05) is 12.6 Å². The molecule has 0 spiro atoms. The molecule has 0 saturated carbocycles. The molecule has 0 aromatic heterocycles. The van der Waals surface area contributed by atoms with Gasteiger partial charge in [-0.1, -0.05) is 0 Å². The predicted octanol–water partition coefficient (Wildman–Crippen LogP) is 1.54. The van der Waals surface area contributed by atoms with E-state index in [1.165, 1.54) is 12.8 Å². The molecule has 1 saturated heterocycles. The highest BCUT2D eigenvalue weighted by Gasteiger charge is 2.16. The van der Waals surface area contributed by atoms with Crippen LogP contribution in [0.5, 0.6) is 5.75 Å². The summed E-state index contributed by atoms with van der Waals surface area (Å²) in [7, 11) is 0. The maximum absolute atomic E-state index is 11.8. The van der Waals surface area contributed by atoms with E-state index >= 15 is 0 Å². The molecule has 1 aromatic carbocycles. The van der Waals surface area contributed by atoms with Crippen LogP contribution in [-0.2, 0) is 4.79 Å². The van der Waals surface area contributed by atoms with Gasteiger partial charge in [-0.3, -0.25) is 4.79 Å². The van der Waals surface area contributed by atoms with Gasteiger partial charge in [0.2, 0.25) is 0 Å². The molecular weight excluding hydrogens is 266 g/mol. The van der Waals surface area contributed by atoms with Gasteiger partial charge in [-0.05, 0) is 57.1 Å². The maximum atomic E-state index is 11.8. The first-order valence-corrected chi connectivity index (χ1v) is 7.32. The SMILES string of the molecule is CC(CN1CCCC1)NC(=O)COc1ccc(C#N)cc1. The van der Waals surface area contributed by atoms with Crippen molar-refractivity contribution in [1.82, 2.24) is 10.2 Å². The summed E-state index contributed by atoms with van der Waals surface area (Å²) in [6.45, 7) is 5.15. The van der Waals surface area contributed by atoms with E-state index in [0.29, 0.717) is 11.3 Å². The Morgan fingerprint density at radius 3 is 2.67 bits per heavy atom. The van der Waals surface area contributed by atoms with Gasteiger partial charge in [0.05, 0.1) is 11.6 Å². The molecule has 1 N–H and O–H groups in total. The van der Waals surface area contributed by atoms with E-state index in [2.05, 4.69) is 10.2 Å². The summed E-state index contributed by atoms with van der Waals surface area (Å²) >= 11 is 0. The molecule has 1 aliphatic rings. The number of carbonyl (C=O) groups is 1. The van der Waals surface area contributed by atoms with Crippen LogP contribution in [0.2, 0.25) is 0 Å². The van der Waals surface area contributed by atoms with Gasteiger partial charge < -0.3 is 15.0 Å². The Hall–Kier alpha value is -2.06. The summed E-state index contributed by atoms with van der Waals surface area (Å²) in [6, 6.07) is 8.89. The number of nitrogens with zero attached hydrogens (tertiary/aromatic N) is 2. The minimum absolute atomic E-state index is 0.00373. The van der Waals surface area contributed by atoms with Crippen LogP contribution in [0.3, 0.4) is 0 Å². The highest BCUT2D eigenvalue weighted by Crippen LogP contribution is 2.11. The van der Waals surface area contributed by atoms with Crippen molar-refractivity contribution in [3.05, 3.63) is 29.8 Å². The predicted molar refractivity (Wildman–Crippen MR) is 79.9 cm³/mol. The fourth-order valence-electron chi connectivity index (χ4n) is 2.49. The Bertz CT molecular complexity index is 501. The first-order valence-electron chi connectivity index (χ1n) is 7.32. The molecule has 1 unspecified atom stereocenters. The third-order valence-corrected chi connectivity index (χ3v) is 3.49. The number of likely N-dealkylation sites (tertiary alicyclic amines) is 1. The minimum atomic E-state index is -0.119. The van der Waals surface area contributed by atoms with Gasteiger partial charge in [-0.15, -0.1) is 0 Å². The third-order valence-electron chi connectivity index (χ3n) is 3.49. The number of nitriles is 1. The fourth-order valence-corrected chi connectivity index (χ4v) is 2.49. The van der Waals surface area contributed by atoms with Crippen molar-refractivity contribution in [1.29, 1.82) is 5.26 Å². The molecule has 1 atom stereocenters. The Morgan fingerprint density at radius 1 is 1.38 bits per heavy atom. The molecule has 2 rings (SSSR count). The third kappa shape index (κ3) is 5.09. The lowest BCUT2D eigenvalue weighted by Gasteiger charge is -2.21. The molecule has 1 aromatic rings. The van der Waals surface area contributed by atoms with Crippen molar-refractivity contribution in [2.75, 3.05) is 26.2 Å². The second kappa shape index (κ2) is 7.65. The molecule has 5 nitrogen and oxygen atoms in total. The topological polar surface area (TPSA) is 65.4 Å². The zero-order valence-electron chi connectivity index (χ0n) is 12.3.